The smallest absolute Gasteiger partial charge is 0.294 e. The Morgan fingerprint density at radius 2 is 1.23 bits per heavy atom. The fourth-order valence-electron chi connectivity index (χ4n) is 3.32. The molecule has 0 aliphatic rings. The standard InChI is InChI=1S/C21H36O4S/c1-2-3-4-5-6-7-8-9-10-11-12-13-14-15-19-16-17-20(22)18-21(19)26(23,24)25/h16-18,22H,2-15H2,1H3,(H,23,24,25). The Balaban J connectivity index is 2.08. The number of phenols is 1. The Morgan fingerprint density at radius 3 is 1.69 bits per heavy atom. The molecule has 0 aliphatic heterocycles. The van der Waals surface area contributed by atoms with E-state index in [0.717, 1.165) is 25.3 Å². The minimum atomic E-state index is -4.28. The maximum absolute atomic E-state index is 11.4. The predicted molar refractivity (Wildman–Crippen MR) is 107 cm³/mol. The van der Waals surface area contributed by atoms with Crippen LogP contribution in [0.15, 0.2) is 23.1 Å². The summed E-state index contributed by atoms with van der Waals surface area (Å²) in [5, 5.41) is 9.41. The summed E-state index contributed by atoms with van der Waals surface area (Å²) in [7, 11) is -4.28. The summed E-state index contributed by atoms with van der Waals surface area (Å²) in [5.41, 5.74) is 0.577. The van der Waals surface area contributed by atoms with Crippen molar-refractivity contribution < 1.29 is 18.1 Å². The Morgan fingerprint density at radius 1 is 0.769 bits per heavy atom. The monoisotopic (exact) mass is 384 g/mol. The third-order valence-electron chi connectivity index (χ3n) is 4.88. The van der Waals surface area contributed by atoms with E-state index in [2.05, 4.69) is 6.92 Å². The van der Waals surface area contributed by atoms with Crippen molar-refractivity contribution in [3.05, 3.63) is 23.8 Å². The van der Waals surface area contributed by atoms with Crippen LogP contribution < -0.4 is 0 Å². The minimum Gasteiger partial charge on any atom is -0.508 e. The Labute approximate surface area is 159 Å². The summed E-state index contributed by atoms with van der Waals surface area (Å²) < 4.78 is 32.0. The first-order valence-electron chi connectivity index (χ1n) is 10.2. The molecule has 0 atom stereocenters. The number of aromatic hydroxyl groups is 1. The molecule has 26 heavy (non-hydrogen) atoms. The molecule has 0 heterocycles. The van der Waals surface area contributed by atoms with Crippen LogP contribution in [0.5, 0.6) is 5.75 Å². The van der Waals surface area contributed by atoms with Gasteiger partial charge < -0.3 is 5.11 Å². The number of hydrogen-bond donors (Lipinski definition) is 2. The van der Waals surface area contributed by atoms with E-state index in [-0.39, 0.29) is 10.6 Å². The van der Waals surface area contributed by atoms with Gasteiger partial charge in [0.1, 0.15) is 10.6 Å². The normalized spacial score (nSPS) is 11.8. The molecule has 5 heteroatoms. The van der Waals surface area contributed by atoms with Crippen molar-refractivity contribution in [2.75, 3.05) is 0 Å². The van der Waals surface area contributed by atoms with Crippen LogP contribution in [0, 0.1) is 0 Å². The third kappa shape index (κ3) is 10.2. The Kier molecular flexibility index (Phi) is 11.6. The van der Waals surface area contributed by atoms with E-state index in [1.165, 1.54) is 70.3 Å². The van der Waals surface area contributed by atoms with Crippen molar-refractivity contribution in [1.82, 2.24) is 0 Å². The molecule has 150 valence electrons. The zero-order valence-electron chi connectivity index (χ0n) is 16.3. The lowest BCUT2D eigenvalue weighted by atomic mass is 10.0. The first kappa shape index (κ1) is 23.0. The molecule has 0 unspecified atom stereocenters. The molecular formula is C21H36O4S. The van der Waals surface area contributed by atoms with Crippen molar-refractivity contribution in [3.63, 3.8) is 0 Å². The molecule has 1 aromatic rings. The van der Waals surface area contributed by atoms with Crippen molar-refractivity contribution in [2.24, 2.45) is 0 Å². The van der Waals surface area contributed by atoms with Crippen LogP contribution in [0.2, 0.25) is 0 Å². The molecule has 0 fully saturated rings. The molecular weight excluding hydrogens is 348 g/mol. The van der Waals surface area contributed by atoms with Crippen molar-refractivity contribution in [1.29, 1.82) is 0 Å². The highest BCUT2D eigenvalue weighted by molar-refractivity contribution is 7.85. The lowest BCUT2D eigenvalue weighted by Crippen LogP contribution is -2.03. The van der Waals surface area contributed by atoms with Gasteiger partial charge in [0, 0.05) is 6.07 Å². The van der Waals surface area contributed by atoms with E-state index in [0.29, 0.717) is 12.0 Å². The second kappa shape index (κ2) is 13.2. The van der Waals surface area contributed by atoms with Gasteiger partial charge in [0.05, 0.1) is 0 Å². The van der Waals surface area contributed by atoms with Gasteiger partial charge in [-0.15, -0.1) is 0 Å². The molecule has 0 radical (unpaired) electrons. The predicted octanol–water partition coefficient (Wildman–Crippen LogP) is 6.27. The molecule has 0 amide bonds. The SMILES string of the molecule is CCCCCCCCCCCCCCCc1ccc(O)cc1S(=O)(=O)O. The van der Waals surface area contributed by atoms with E-state index in [9.17, 15) is 18.1 Å². The molecule has 0 spiro atoms. The molecule has 0 bridgehead atoms. The average Bonchev–Trinajstić information content (AvgIpc) is 2.59. The molecule has 0 aromatic heterocycles. The highest BCUT2D eigenvalue weighted by atomic mass is 32.2. The summed E-state index contributed by atoms with van der Waals surface area (Å²) in [6, 6.07) is 4.16. The van der Waals surface area contributed by atoms with E-state index < -0.39 is 10.1 Å². The fourth-order valence-corrected chi connectivity index (χ4v) is 4.09. The topological polar surface area (TPSA) is 74.6 Å². The fraction of sp³-hybridized carbons (Fsp3) is 0.714. The molecule has 4 nitrogen and oxygen atoms in total. The summed E-state index contributed by atoms with van der Waals surface area (Å²) in [6.45, 7) is 2.25. The number of rotatable bonds is 15. The Bertz CT molecular complexity index is 596. The maximum atomic E-state index is 11.4. The largest absolute Gasteiger partial charge is 0.508 e. The number of benzene rings is 1. The van der Waals surface area contributed by atoms with Crippen LogP contribution in [0.25, 0.3) is 0 Å². The molecule has 0 saturated heterocycles. The van der Waals surface area contributed by atoms with Gasteiger partial charge in [-0.05, 0) is 24.5 Å². The summed E-state index contributed by atoms with van der Waals surface area (Å²) >= 11 is 0. The molecule has 1 rings (SSSR count). The summed E-state index contributed by atoms with van der Waals surface area (Å²) in [4.78, 5) is -0.170. The number of aryl methyl sites for hydroxylation is 1. The second-order valence-electron chi connectivity index (χ2n) is 7.26. The van der Waals surface area contributed by atoms with E-state index in [1.54, 1.807) is 6.07 Å². The van der Waals surface area contributed by atoms with Crippen LogP contribution in [-0.2, 0) is 16.5 Å². The number of hydrogen-bond acceptors (Lipinski definition) is 3. The average molecular weight is 385 g/mol. The van der Waals surface area contributed by atoms with Gasteiger partial charge in [0.25, 0.3) is 10.1 Å². The first-order valence-corrected chi connectivity index (χ1v) is 11.7. The molecule has 0 aliphatic carbocycles. The first-order chi connectivity index (χ1) is 12.4. The number of unbranched alkanes of at least 4 members (excludes halogenated alkanes) is 12. The van der Waals surface area contributed by atoms with Gasteiger partial charge in [-0.3, -0.25) is 4.55 Å². The summed E-state index contributed by atoms with van der Waals surface area (Å²) in [6.07, 6.45) is 17.1. The van der Waals surface area contributed by atoms with E-state index in [1.807, 2.05) is 0 Å². The van der Waals surface area contributed by atoms with Gasteiger partial charge in [0.15, 0.2) is 0 Å². The minimum absolute atomic E-state index is 0.147. The lowest BCUT2D eigenvalue weighted by molar-refractivity contribution is 0.464. The van der Waals surface area contributed by atoms with Crippen LogP contribution in [0.3, 0.4) is 0 Å². The van der Waals surface area contributed by atoms with Crippen molar-refractivity contribution >= 4 is 10.1 Å². The van der Waals surface area contributed by atoms with Gasteiger partial charge >= 0.3 is 0 Å². The van der Waals surface area contributed by atoms with E-state index in [4.69, 9.17) is 0 Å². The maximum Gasteiger partial charge on any atom is 0.294 e. The Hall–Kier alpha value is -1.07. The summed E-state index contributed by atoms with van der Waals surface area (Å²) in [5.74, 6) is -0.147. The van der Waals surface area contributed by atoms with Crippen LogP contribution in [0.1, 0.15) is 96.0 Å². The zero-order valence-corrected chi connectivity index (χ0v) is 17.1. The third-order valence-corrected chi connectivity index (χ3v) is 5.81. The van der Waals surface area contributed by atoms with Gasteiger partial charge in [0.2, 0.25) is 0 Å². The van der Waals surface area contributed by atoms with Crippen LogP contribution in [0.4, 0.5) is 0 Å². The van der Waals surface area contributed by atoms with E-state index >= 15 is 0 Å². The van der Waals surface area contributed by atoms with Crippen molar-refractivity contribution in [3.8, 4) is 5.75 Å². The van der Waals surface area contributed by atoms with Gasteiger partial charge in [-0.1, -0.05) is 90.0 Å². The molecule has 2 N–H and O–H groups in total. The lowest BCUT2D eigenvalue weighted by Gasteiger charge is -2.08. The quantitative estimate of drug-likeness (QED) is 0.276. The highest BCUT2D eigenvalue weighted by Gasteiger charge is 2.15. The van der Waals surface area contributed by atoms with Crippen LogP contribution in [-0.4, -0.2) is 18.1 Å². The molecule has 0 saturated carbocycles. The van der Waals surface area contributed by atoms with Crippen LogP contribution >= 0.6 is 0 Å². The second-order valence-corrected chi connectivity index (χ2v) is 8.65. The zero-order chi connectivity index (χ0) is 19.3. The van der Waals surface area contributed by atoms with Crippen molar-refractivity contribution in [2.45, 2.75) is 102 Å². The molecule has 1 aromatic carbocycles. The highest BCUT2D eigenvalue weighted by Crippen LogP contribution is 2.23. The van der Waals surface area contributed by atoms with Gasteiger partial charge in [-0.2, -0.15) is 8.42 Å². The van der Waals surface area contributed by atoms with Gasteiger partial charge in [-0.25, -0.2) is 0 Å². The number of phenolic OH excluding ortho intramolecular Hbond substituents is 1.